The zero-order valence-corrected chi connectivity index (χ0v) is 19.3. The zero-order chi connectivity index (χ0) is 24.5. The van der Waals surface area contributed by atoms with Gasteiger partial charge in [0.1, 0.15) is 11.8 Å². The van der Waals surface area contributed by atoms with Crippen molar-refractivity contribution in [3.8, 4) is 34.8 Å². The summed E-state index contributed by atoms with van der Waals surface area (Å²) >= 11 is 0. The fraction of sp³-hybridized carbons (Fsp3) is 0.160. The molecule has 0 aromatic carbocycles. The fourth-order valence-corrected chi connectivity index (χ4v) is 3.70. The molecule has 5 heterocycles. The Labute approximate surface area is 200 Å². The number of ether oxygens (including phenoxy) is 1. The van der Waals surface area contributed by atoms with Gasteiger partial charge in [0.15, 0.2) is 17.3 Å². The Kier molecular flexibility index (Phi) is 5.51. The maximum Gasteiger partial charge on any atom is 0.238 e. The molecule has 0 unspecified atom stereocenters. The molecule has 0 aliphatic carbocycles. The monoisotopic (exact) mass is 464 g/mol. The Morgan fingerprint density at radius 2 is 1.97 bits per heavy atom. The van der Waals surface area contributed by atoms with Crippen LogP contribution < -0.4 is 4.74 Å². The number of Topliss-reactive ketones (excluding diaryl/α,β-unsaturated/α-hetero) is 1. The normalized spacial score (nSPS) is 10.9. The first-order chi connectivity index (χ1) is 17.0. The molecule has 0 aliphatic rings. The van der Waals surface area contributed by atoms with Crippen molar-refractivity contribution in [3.05, 3.63) is 77.5 Å². The van der Waals surface area contributed by atoms with Crippen LogP contribution in [0.5, 0.6) is 11.6 Å². The number of rotatable bonds is 6. The number of pyridine rings is 2. The Bertz CT molecular complexity index is 1610. The standard InChI is InChI=1S/C25H20N8O2/c1-4-23(34)19-7-8-21(28-25(19)33-16(3)11-17(12-26)31-33)20-13-27-32-14-18(6-9-22(20)32)35-24-10-5-15(2)29-30-24/h5-11,13-14H,4H2,1-3H3. The highest BCUT2D eigenvalue weighted by molar-refractivity contribution is 5.99. The SMILES string of the molecule is CCC(=O)c1ccc(-c2cnn3cc(Oc4ccc(C)nn4)ccc23)nc1-n1nc(C#N)cc1C. The number of carbonyl (C=O) groups is 1. The Hall–Kier alpha value is -4.91. The van der Waals surface area contributed by atoms with Gasteiger partial charge in [-0.05, 0) is 50.2 Å². The highest BCUT2D eigenvalue weighted by Crippen LogP contribution is 2.28. The van der Waals surface area contributed by atoms with Gasteiger partial charge in [-0.3, -0.25) is 4.79 Å². The molecule has 0 N–H and O–H groups in total. The minimum Gasteiger partial charge on any atom is -0.436 e. The Morgan fingerprint density at radius 3 is 2.69 bits per heavy atom. The highest BCUT2D eigenvalue weighted by Gasteiger charge is 2.19. The summed E-state index contributed by atoms with van der Waals surface area (Å²) in [6, 6.07) is 14.5. The molecular weight excluding hydrogens is 444 g/mol. The molecule has 10 nitrogen and oxygen atoms in total. The van der Waals surface area contributed by atoms with Crippen molar-refractivity contribution < 1.29 is 9.53 Å². The van der Waals surface area contributed by atoms with Crippen LogP contribution in [-0.2, 0) is 0 Å². The van der Waals surface area contributed by atoms with E-state index in [1.54, 1.807) is 48.1 Å². The lowest BCUT2D eigenvalue weighted by atomic mass is 10.1. The predicted molar refractivity (Wildman–Crippen MR) is 126 cm³/mol. The van der Waals surface area contributed by atoms with Gasteiger partial charge in [0.25, 0.3) is 0 Å². The third-order valence-electron chi connectivity index (χ3n) is 5.46. The second-order valence-electron chi connectivity index (χ2n) is 7.91. The lowest BCUT2D eigenvalue weighted by Gasteiger charge is -2.11. The number of carbonyl (C=O) groups excluding carboxylic acids is 1. The summed E-state index contributed by atoms with van der Waals surface area (Å²) in [5, 5.41) is 26.0. The molecule has 0 amide bonds. The van der Waals surface area contributed by atoms with Crippen molar-refractivity contribution in [2.45, 2.75) is 27.2 Å². The van der Waals surface area contributed by atoms with Gasteiger partial charge < -0.3 is 4.74 Å². The number of aryl methyl sites for hydroxylation is 2. The van der Waals surface area contributed by atoms with Gasteiger partial charge >= 0.3 is 0 Å². The van der Waals surface area contributed by atoms with Crippen LogP contribution in [0.3, 0.4) is 0 Å². The van der Waals surface area contributed by atoms with Gasteiger partial charge in [-0.25, -0.2) is 14.2 Å². The van der Waals surface area contributed by atoms with Gasteiger partial charge in [-0.15, -0.1) is 5.10 Å². The third-order valence-corrected chi connectivity index (χ3v) is 5.46. The lowest BCUT2D eigenvalue weighted by Crippen LogP contribution is -2.11. The van der Waals surface area contributed by atoms with E-state index in [9.17, 15) is 10.1 Å². The minimum atomic E-state index is -0.0617. The molecule has 0 saturated carbocycles. The maximum absolute atomic E-state index is 12.6. The van der Waals surface area contributed by atoms with Crippen LogP contribution in [0.2, 0.25) is 0 Å². The molecule has 0 fully saturated rings. The average molecular weight is 464 g/mol. The predicted octanol–water partition coefficient (Wildman–Crippen LogP) is 4.25. The first kappa shape index (κ1) is 21.9. The minimum absolute atomic E-state index is 0.0617. The third kappa shape index (κ3) is 4.11. The van der Waals surface area contributed by atoms with Gasteiger partial charge in [0.05, 0.1) is 34.9 Å². The van der Waals surface area contributed by atoms with Crippen LogP contribution in [0.15, 0.2) is 54.9 Å². The van der Waals surface area contributed by atoms with Crippen LogP contribution in [0.1, 0.15) is 40.8 Å². The van der Waals surface area contributed by atoms with Gasteiger partial charge in [-0.1, -0.05) is 6.92 Å². The molecule has 10 heteroatoms. The van der Waals surface area contributed by atoms with Gasteiger partial charge in [-0.2, -0.15) is 20.6 Å². The molecule has 0 saturated heterocycles. The lowest BCUT2D eigenvalue weighted by molar-refractivity contribution is 0.0987. The Balaban J connectivity index is 1.56. The van der Waals surface area contributed by atoms with Crippen LogP contribution in [0.4, 0.5) is 0 Å². The van der Waals surface area contributed by atoms with Crippen LogP contribution in [0, 0.1) is 25.2 Å². The number of nitrogens with zero attached hydrogens (tertiary/aromatic N) is 8. The Morgan fingerprint density at radius 1 is 1.11 bits per heavy atom. The smallest absolute Gasteiger partial charge is 0.238 e. The quantitative estimate of drug-likeness (QED) is 0.342. The van der Waals surface area contributed by atoms with Gasteiger partial charge in [0.2, 0.25) is 5.88 Å². The summed E-state index contributed by atoms with van der Waals surface area (Å²) in [7, 11) is 0. The number of hydrogen-bond donors (Lipinski definition) is 0. The highest BCUT2D eigenvalue weighted by atomic mass is 16.5. The fourth-order valence-electron chi connectivity index (χ4n) is 3.70. The average Bonchev–Trinajstić information content (AvgIpc) is 3.47. The van der Waals surface area contributed by atoms with Crippen molar-refractivity contribution in [2.24, 2.45) is 0 Å². The van der Waals surface area contributed by atoms with E-state index < -0.39 is 0 Å². The van der Waals surface area contributed by atoms with E-state index in [4.69, 9.17) is 9.72 Å². The van der Waals surface area contributed by atoms with Crippen molar-refractivity contribution in [1.29, 1.82) is 5.26 Å². The summed E-state index contributed by atoms with van der Waals surface area (Å²) in [6.07, 6.45) is 3.77. The zero-order valence-electron chi connectivity index (χ0n) is 19.3. The van der Waals surface area contributed by atoms with Crippen molar-refractivity contribution in [3.63, 3.8) is 0 Å². The van der Waals surface area contributed by atoms with Crippen LogP contribution >= 0.6 is 0 Å². The molecule has 5 aromatic heterocycles. The summed E-state index contributed by atoms with van der Waals surface area (Å²) in [5.41, 5.74) is 4.40. The van der Waals surface area contributed by atoms with Crippen LogP contribution in [-0.4, -0.2) is 40.4 Å². The van der Waals surface area contributed by atoms with Gasteiger partial charge in [0, 0.05) is 23.7 Å². The molecule has 172 valence electrons. The topological polar surface area (TPSA) is 124 Å². The second kappa shape index (κ2) is 8.79. The molecule has 5 aromatic rings. The number of aromatic nitrogens is 7. The van der Waals surface area contributed by atoms with E-state index >= 15 is 0 Å². The number of nitriles is 1. The van der Waals surface area contributed by atoms with Crippen molar-refractivity contribution in [2.75, 3.05) is 0 Å². The maximum atomic E-state index is 12.6. The number of fused-ring (bicyclic) bond motifs is 1. The van der Waals surface area contributed by atoms with Crippen molar-refractivity contribution in [1.82, 2.24) is 34.6 Å². The largest absolute Gasteiger partial charge is 0.436 e. The molecule has 0 radical (unpaired) electrons. The molecular formula is C25H20N8O2. The van der Waals surface area contributed by atoms with E-state index in [2.05, 4.69) is 20.4 Å². The summed E-state index contributed by atoms with van der Waals surface area (Å²) in [4.78, 5) is 17.4. The molecule has 35 heavy (non-hydrogen) atoms. The number of hydrogen-bond acceptors (Lipinski definition) is 8. The van der Waals surface area contributed by atoms with E-state index in [1.165, 1.54) is 4.68 Å². The first-order valence-corrected chi connectivity index (χ1v) is 10.9. The van der Waals surface area contributed by atoms with Crippen LogP contribution in [0.25, 0.3) is 22.6 Å². The first-order valence-electron chi connectivity index (χ1n) is 10.9. The van der Waals surface area contributed by atoms with Crippen molar-refractivity contribution >= 4 is 11.3 Å². The van der Waals surface area contributed by atoms with E-state index in [1.807, 2.05) is 38.1 Å². The molecule has 0 spiro atoms. The summed E-state index contributed by atoms with van der Waals surface area (Å²) < 4.78 is 9.01. The molecule has 0 bridgehead atoms. The van der Waals surface area contributed by atoms with E-state index in [0.717, 1.165) is 16.8 Å². The molecule has 5 rings (SSSR count). The van der Waals surface area contributed by atoms with E-state index in [-0.39, 0.29) is 11.5 Å². The van der Waals surface area contributed by atoms with E-state index in [0.29, 0.717) is 40.8 Å². The summed E-state index contributed by atoms with van der Waals surface area (Å²) in [5.74, 6) is 1.26. The molecule has 0 atom stereocenters. The molecule has 0 aliphatic heterocycles. The second-order valence-corrected chi connectivity index (χ2v) is 7.91. The number of ketones is 1. The summed E-state index contributed by atoms with van der Waals surface area (Å²) in [6.45, 7) is 5.47.